The van der Waals surface area contributed by atoms with E-state index in [-0.39, 0.29) is 12.0 Å². The summed E-state index contributed by atoms with van der Waals surface area (Å²) in [6.45, 7) is 3.90. The number of methoxy groups -OCH3 is 1. The molecular formula is C10H15N3O2. The standard InChI is InChI=1S/C10H15N3O2/c1-8(15-2)10(14)13-6-5-12-4-3-11-9(12)7-13/h3-4,8H,5-7H2,1-2H3. The van der Waals surface area contributed by atoms with Crippen LogP contribution in [0, 0.1) is 0 Å². The normalized spacial score (nSPS) is 17.3. The Morgan fingerprint density at radius 2 is 2.40 bits per heavy atom. The highest BCUT2D eigenvalue weighted by molar-refractivity contribution is 5.80. The lowest BCUT2D eigenvalue weighted by Gasteiger charge is -2.29. The first-order valence-electron chi connectivity index (χ1n) is 5.04. The lowest BCUT2D eigenvalue weighted by Crippen LogP contribution is -2.43. The van der Waals surface area contributed by atoms with Gasteiger partial charge in [-0.1, -0.05) is 0 Å². The Hall–Kier alpha value is -1.36. The van der Waals surface area contributed by atoms with Crippen molar-refractivity contribution in [3.63, 3.8) is 0 Å². The molecule has 2 rings (SSSR count). The molecule has 0 spiro atoms. The van der Waals surface area contributed by atoms with Crippen LogP contribution in [0.3, 0.4) is 0 Å². The van der Waals surface area contributed by atoms with Crippen molar-refractivity contribution in [3.8, 4) is 0 Å². The quantitative estimate of drug-likeness (QED) is 0.702. The van der Waals surface area contributed by atoms with Crippen LogP contribution in [-0.2, 0) is 22.6 Å². The van der Waals surface area contributed by atoms with Crippen molar-refractivity contribution in [2.45, 2.75) is 26.1 Å². The van der Waals surface area contributed by atoms with E-state index in [2.05, 4.69) is 9.55 Å². The molecule has 0 aliphatic carbocycles. The third-order valence-electron chi connectivity index (χ3n) is 2.76. The van der Waals surface area contributed by atoms with Crippen molar-refractivity contribution in [2.75, 3.05) is 13.7 Å². The number of nitrogens with zero attached hydrogens (tertiary/aromatic N) is 3. The number of hydrogen-bond acceptors (Lipinski definition) is 3. The number of ether oxygens (including phenoxy) is 1. The van der Waals surface area contributed by atoms with Crippen molar-refractivity contribution in [1.82, 2.24) is 14.5 Å². The van der Waals surface area contributed by atoms with Crippen LogP contribution in [0.2, 0.25) is 0 Å². The van der Waals surface area contributed by atoms with Crippen LogP contribution in [0.5, 0.6) is 0 Å². The molecule has 2 heterocycles. The summed E-state index contributed by atoms with van der Waals surface area (Å²) in [6, 6.07) is 0. The number of imidazole rings is 1. The number of carbonyl (C=O) groups excluding carboxylic acids is 1. The minimum atomic E-state index is -0.369. The zero-order valence-electron chi connectivity index (χ0n) is 9.01. The second-order valence-corrected chi connectivity index (χ2v) is 3.67. The number of aromatic nitrogens is 2. The predicted molar refractivity (Wildman–Crippen MR) is 54.1 cm³/mol. The molecule has 1 aromatic heterocycles. The maximum atomic E-state index is 11.8. The van der Waals surface area contributed by atoms with Crippen molar-refractivity contribution in [3.05, 3.63) is 18.2 Å². The summed E-state index contributed by atoms with van der Waals surface area (Å²) in [4.78, 5) is 17.8. The van der Waals surface area contributed by atoms with Gasteiger partial charge in [-0.05, 0) is 6.92 Å². The Bertz CT molecular complexity index is 361. The molecule has 1 amide bonds. The van der Waals surface area contributed by atoms with Gasteiger partial charge in [0.05, 0.1) is 6.54 Å². The fourth-order valence-electron chi connectivity index (χ4n) is 1.72. The molecule has 0 fully saturated rings. The zero-order valence-corrected chi connectivity index (χ0v) is 9.01. The third-order valence-corrected chi connectivity index (χ3v) is 2.76. The number of carbonyl (C=O) groups is 1. The van der Waals surface area contributed by atoms with E-state index in [0.29, 0.717) is 6.54 Å². The molecule has 1 aliphatic heterocycles. The predicted octanol–water partition coefficient (Wildman–Crippen LogP) is 0.260. The van der Waals surface area contributed by atoms with Gasteiger partial charge in [0, 0.05) is 32.6 Å². The molecule has 0 aromatic carbocycles. The lowest BCUT2D eigenvalue weighted by atomic mass is 10.3. The number of fused-ring (bicyclic) bond motifs is 1. The average Bonchev–Trinajstić information content (AvgIpc) is 2.73. The highest BCUT2D eigenvalue weighted by Crippen LogP contribution is 2.11. The van der Waals surface area contributed by atoms with E-state index in [1.54, 1.807) is 25.1 Å². The van der Waals surface area contributed by atoms with Crippen LogP contribution in [0.15, 0.2) is 12.4 Å². The Kier molecular flexibility index (Phi) is 2.73. The summed E-state index contributed by atoms with van der Waals surface area (Å²) in [6.07, 6.45) is 3.34. The van der Waals surface area contributed by atoms with Gasteiger partial charge in [-0.2, -0.15) is 0 Å². The molecule has 5 heteroatoms. The summed E-state index contributed by atoms with van der Waals surface area (Å²) in [5.41, 5.74) is 0. The first kappa shape index (κ1) is 10.2. The van der Waals surface area contributed by atoms with Crippen LogP contribution in [0.1, 0.15) is 12.7 Å². The summed E-state index contributed by atoms with van der Waals surface area (Å²) < 4.78 is 7.09. The lowest BCUT2D eigenvalue weighted by molar-refractivity contribution is -0.142. The first-order valence-corrected chi connectivity index (χ1v) is 5.04. The largest absolute Gasteiger partial charge is 0.372 e. The highest BCUT2D eigenvalue weighted by Gasteiger charge is 2.24. The van der Waals surface area contributed by atoms with E-state index >= 15 is 0 Å². The number of amides is 1. The van der Waals surface area contributed by atoms with Crippen molar-refractivity contribution < 1.29 is 9.53 Å². The van der Waals surface area contributed by atoms with E-state index in [0.717, 1.165) is 18.9 Å². The smallest absolute Gasteiger partial charge is 0.251 e. The fourth-order valence-corrected chi connectivity index (χ4v) is 1.72. The molecule has 1 aliphatic rings. The van der Waals surface area contributed by atoms with Crippen LogP contribution >= 0.6 is 0 Å². The minimum Gasteiger partial charge on any atom is -0.372 e. The van der Waals surface area contributed by atoms with Crippen molar-refractivity contribution >= 4 is 5.91 Å². The molecule has 0 saturated carbocycles. The van der Waals surface area contributed by atoms with E-state index in [1.165, 1.54) is 0 Å². The molecule has 1 atom stereocenters. The topological polar surface area (TPSA) is 47.4 Å². The molecule has 0 radical (unpaired) electrons. The van der Waals surface area contributed by atoms with Gasteiger partial charge in [0.1, 0.15) is 11.9 Å². The van der Waals surface area contributed by atoms with Gasteiger partial charge >= 0.3 is 0 Å². The zero-order chi connectivity index (χ0) is 10.8. The Morgan fingerprint density at radius 3 is 3.13 bits per heavy atom. The Morgan fingerprint density at radius 1 is 1.60 bits per heavy atom. The van der Waals surface area contributed by atoms with Gasteiger partial charge in [-0.3, -0.25) is 4.79 Å². The van der Waals surface area contributed by atoms with E-state index < -0.39 is 0 Å². The van der Waals surface area contributed by atoms with Crippen molar-refractivity contribution in [1.29, 1.82) is 0 Å². The van der Waals surface area contributed by atoms with Gasteiger partial charge in [0.15, 0.2) is 0 Å². The molecule has 1 unspecified atom stereocenters. The molecule has 0 bridgehead atoms. The molecule has 0 N–H and O–H groups in total. The number of hydrogen-bond donors (Lipinski definition) is 0. The van der Waals surface area contributed by atoms with Gasteiger partial charge in [0.25, 0.3) is 5.91 Å². The van der Waals surface area contributed by atoms with Gasteiger partial charge in [-0.25, -0.2) is 4.98 Å². The van der Waals surface area contributed by atoms with Crippen LogP contribution in [0.25, 0.3) is 0 Å². The van der Waals surface area contributed by atoms with Crippen molar-refractivity contribution in [2.24, 2.45) is 0 Å². The van der Waals surface area contributed by atoms with Crippen LogP contribution in [-0.4, -0.2) is 40.1 Å². The Labute approximate surface area is 88.7 Å². The third kappa shape index (κ3) is 1.87. The summed E-state index contributed by atoms with van der Waals surface area (Å²) in [5.74, 6) is 0.977. The fraction of sp³-hybridized carbons (Fsp3) is 0.600. The SMILES string of the molecule is COC(C)C(=O)N1CCn2ccnc2C1. The highest BCUT2D eigenvalue weighted by atomic mass is 16.5. The summed E-state index contributed by atoms with van der Waals surface area (Å²) in [7, 11) is 1.55. The molecule has 15 heavy (non-hydrogen) atoms. The maximum absolute atomic E-state index is 11.8. The number of rotatable bonds is 2. The van der Waals surface area contributed by atoms with E-state index in [9.17, 15) is 4.79 Å². The molecule has 82 valence electrons. The Balaban J connectivity index is 2.06. The second kappa shape index (κ2) is 4.02. The molecule has 0 saturated heterocycles. The molecule has 1 aromatic rings. The molecular weight excluding hydrogens is 194 g/mol. The van der Waals surface area contributed by atoms with Gasteiger partial charge in [-0.15, -0.1) is 0 Å². The second-order valence-electron chi connectivity index (χ2n) is 3.67. The molecule has 5 nitrogen and oxygen atoms in total. The van der Waals surface area contributed by atoms with E-state index in [4.69, 9.17) is 4.74 Å². The van der Waals surface area contributed by atoms with Crippen LogP contribution in [0.4, 0.5) is 0 Å². The monoisotopic (exact) mass is 209 g/mol. The van der Waals surface area contributed by atoms with Gasteiger partial charge < -0.3 is 14.2 Å². The minimum absolute atomic E-state index is 0.0340. The summed E-state index contributed by atoms with van der Waals surface area (Å²) >= 11 is 0. The summed E-state index contributed by atoms with van der Waals surface area (Å²) in [5, 5.41) is 0. The average molecular weight is 209 g/mol. The van der Waals surface area contributed by atoms with E-state index in [1.807, 2.05) is 6.20 Å². The van der Waals surface area contributed by atoms with Gasteiger partial charge in [0.2, 0.25) is 0 Å². The van der Waals surface area contributed by atoms with Crippen LogP contribution < -0.4 is 0 Å². The maximum Gasteiger partial charge on any atom is 0.251 e. The first-order chi connectivity index (χ1) is 7.22.